The van der Waals surface area contributed by atoms with Crippen molar-refractivity contribution in [1.29, 1.82) is 0 Å². The van der Waals surface area contributed by atoms with Gasteiger partial charge >= 0.3 is 11.9 Å². The van der Waals surface area contributed by atoms with Gasteiger partial charge in [-0.25, -0.2) is 9.59 Å². The highest BCUT2D eigenvalue weighted by molar-refractivity contribution is 5.87. The van der Waals surface area contributed by atoms with E-state index in [4.69, 9.17) is 52.1 Å². The van der Waals surface area contributed by atoms with Crippen LogP contribution in [0.3, 0.4) is 0 Å². The van der Waals surface area contributed by atoms with Crippen molar-refractivity contribution < 1.29 is 138 Å². The molecular weight excluding hydrogens is 1080 g/mol. The molecule has 0 spiro atoms. The van der Waals surface area contributed by atoms with Gasteiger partial charge in [-0.05, 0) is 65.8 Å². The van der Waals surface area contributed by atoms with Gasteiger partial charge in [-0.2, -0.15) is 0 Å². The van der Waals surface area contributed by atoms with Crippen molar-refractivity contribution in [2.45, 2.75) is 98.2 Å². The SMILES string of the molecule is COc1cc(/C=C\C(=O)OC[C@@H]2O[C@@H](OC3=Cc4c(cc(O)cc4O[C@@H]4O[C@H](CO)[C@@H](O)[C@H](O)[C@@H]4O)OC3c3cc(O)c(O)c(O)c3)[C@@H](O[C@@H]3O[C@H](COC(=O)/C=C/c4ccc(O)c(OC)c4)[C@@H](O)[C@H](O)[C@@H]3O)[C@@H](O)[C@@H]2O)ccc1O. The molecule has 4 aromatic rings. The van der Waals surface area contributed by atoms with E-state index in [-0.39, 0.29) is 39.9 Å². The summed E-state index contributed by atoms with van der Waals surface area (Å²) in [4.78, 5) is 25.9. The first-order valence-corrected chi connectivity index (χ1v) is 24.5. The number of esters is 2. The minimum Gasteiger partial charge on any atom is -0.508 e. The van der Waals surface area contributed by atoms with E-state index in [2.05, 4.69) is 0 Å². The second-order valence-corrected chi connectivity index (χ2v) is 18.7. The molecule has 4 heterocycles. The maximum absolute atomic E-state index is 13.1. The van der Waals surface area contributed by atoms with Gasteiger partial charge in [0.05, 0.1) is 26.4 Å². The Hall–Kier alpha value is -7.68. The largest absolute Gasteiger partial charge is 0.508 e. The molecule has 4 aromatic carbocycles. The molecule has 0 saturated carbocycles. The third-order valence-corrected chi connectivity index (χ3v) is 13.2. The number of benzene rings is 4. The molecule has 0 radical (unpaired) electrons. The molecule has 15 N–H and O–H groups in total. The Morgan fingerprint density at radius 3 is 1.59 bits per heavy atom. The number of aliphatic hydroxyl groups is 9. The standard InChI is InChI=1S/C53H58O28/c1-71-32-11-21(3-7-26(32)56)5-9-38(60)73-19-36-42(64)45(67)48(70)52(79-36)81-50-46(68)43(65)37(20-74-39(61)10-6-22-4-8-27(57)33(12-22)72-2)80-53(50)77-34-17-25-30(75-49(34)23-13-28(58)40(62)29(59)14-23)15-24(55)16-31(25)76-51-47(69)44(66)41(63)35(18-54)78-51/h3-17,35-37,41-59,62-70H,18-20H2,1-2H3/b9-5+,10-6-/t35-,36-,37+,41-,42-,43-,44+,45+,46+,47+,48+,49?,50+,51-,52+,53-/m1/s1. The maximum Gasteiger partial charge on any atom is 0.330 e. The second-order valence-electron chi connectivity index (χ2n) is 18.7. The molecule has 16 atom stereocenters. The van der Waals surface area contributed by atoms with Crippen LogP contribution in [0.1, 0.15) is 28.4 Å². The lowest BCUT2D eigenvalue weighted by Crippen LogP contribution is -2.64. The summed E-state index contributed by atoms with van der Waals surface area (Å²) in [7, 11) is 2.63. The lowest BCUT2D eigenvalue weighted by molar-refractivity contribution is -0.364. The molecule has 3 saturated heterocycles. The Balaban J connectivity index is 1.12. The van der Waals surface area contributed by atoms with Crippen molar-refractivity contribution >= 4 is 30.2 Å². The number of methoxy groups -OCH3 is 2. The number of aliphatic hydroxyl groups excluding tert-OH is 9. The summed E-state index contributed by atoms with van der Waals surface area (Å²) in [5.41, 5.74) is 0.430. The van der Waals surface area contributed by atoms with Gasteiger partial charge in [0, 0.05) is 29.8 Å². The molecule has 438 valence electrons. The quantitative estimate of drug-likeness (QED) is 0.0315. The smallest absolute Gasteiger partial charge is 0.330 e. The number of aromatic hydroxyl groups is 6. The summed E-state index contributed by atoms with van der Waals surface area (Å²) in [6, 6.07) is 12.3. The van der Waals surface area contributed by atoms with E-state index in [1.165, 1.54) is 62.8 Å². The number of ether oxygens (including phenoxy) is 11. The summed E-state index contributed by atoms with van der Waals surface area (Å²) in [6.45, 7) is -2.47. The van der Waals surface area contributed by atoms with E-state index in [0.29, 0.717) is 11.1 Å². The van der Waals surface area contributed by atoms with E-state index in [1.807, 2.05) is 0 Å². The van der Waals surface area contributed by atoms with Gasteiger partial charge in [0.15, 0.2) is 58.7 Å². The Bertz CT molecular complexity index is 2960. The molecular formula is C53H58O28. The number of rotatable bonds is 18. The maximum atomic E-state index is 13.1. The van der Waals surface area contributed by atoms with Gasteiger partial charge < -0.3 is 129 Å². The van der Waals surface area contributed by atoms with E-state index in [9.17, 15) is 86.2 Å². The number of phenols is 6. The topological polar surface area (TPSA) is 439 Å². The van der Waals surface area contributed by atoms with Crippen LogP contribution in [-0.2, 0) is 42.7 Å². The zero-order valence-corrected chi connectivity index (χ0v) is 42.5. The molecule has 1 unspecified atom stereocenters. The number of fused-ring (bicyclic) bond motifs is 1. The highest BCUT2D eigenvalue weighted by Crippen LogP contribution is 2.48. The fourth-order valence-corrected chi connectivity index (χ4v) is 8.81. The molecule has 28 nitrogen and oxygen atoms in total. The molecule has 28 heteroatoms. The monoisotopic (exact) mass is 1140 g/mol. The van der Waals surface area contributed by atoms with Crippen LogP contribution >= 0.6 is 0 Å². The fourth-order valence-electron chi connectivity index (χ4n) is 8.81. The molecule has 0 aliphatic carbocycles. The summed E-state index contributed by atoms with van der Waals surface area (Å²) in [5.74, 6) is -6.53. The normalized spacial score (nSPS) is 30.2. The lowest BCUT2D eigenvalue weighted by atomic mass is 9.97. The van der Waals surface area contributed by atoms with Crippen LogP contribution in [-0.4, -0.2) is 215 Å². The first kappa shape index (κ1) is 59.4. The van der Waals surface area contributed by atoms with Gasteiger partial charge in [-0.3, -0.25) is 0 Å². The molecule has 0 bridgehead atoms. The van der Waals surface area contributed by atoms with E-state index < -0.39 is 164 Å². The minimum atomic E-state index is -2.20. The molecule has 4 aliphatic heterocycles. The number of hydrogen-bond acceptors (Lipinski definition) is 28. The van der Waals surface area contributed by atoms with Crippen molar-refractivity contribution in [1.82, 2.24) is 0 Å². The Labute approximate surface area is 458 Å². The highest BCUT2D eigenvalue weighted by atomic mass is 16.8. The third kappa shape index (κ3) is 13.2. The molecule has 8 rings (SSSR count). The molecule has 4 aliphatic rings. The zero-order valence-electron chi connectivity index (χ0n) is 42.5. The number of carbonyl (C=O) groups is 2. The minimum absolute atomic E-state index is 0.0910. The predicted octanol–water partition coefficient (Wildman–Crippen LogP) is -1.24. The summed E-state index contributed by atoms with van der Waals surface area (Å²) in [5, 5.41) is 161. The average Bonchev–Trinajstić information content (AvgIpc) is 3.63. The zero-order chi connectivity index (χ0) is 58.6. The lowest BCUT2D eigenvalue weighted by Gasteiger charge is -2.46. The number of phenolic OH excluding ortho intramolecular Hbond substituents is 6. The van der Waals surface area contributed by atoms with Crippen LogP contribution in [0, 0.1) is 0 Å². The van der Waals surface area contributed by atoms with Crippen molar-refractivity contribution in [3.63, 3.8) is 0 Å². The van der Waals surface area contributed by atoms with Gasteiger partial charge in [-0.1, -0.05) is 12.1 Å². The Morgan fingerprint density at radius 1 is 0.543 bits per heavy atom. The summed E-state index contributed by atoms with van der Waals surface area (Å²) < 4.78 is 62.8. The van der Waals surface area contributed by atoms with Crippen molar-refractivity contribution in [2.24, 2.45) is 0 Å². The van der Waals surface area contributed by atoms with Crippen molar-refractivity contribution in [3.8, 4) is 57.5 Å². The molecule has 0 amide bonds. The van der Waals surface area contributed by atoms with Crippen LogP contribution in [0.2, 0.25) is 0 Å². The van der Waals surface area contributed by atoms with Gasteiger partial charge in [0.2, 0.25) is 12.6 Å². The van der Waals surface area contributed by atoms with Crippen molar-refractivity contribution in [2.75, 3.05) is 34.0 Å². The van der Waals surface area contributed by atoms with Crippen LogP contribution in [0.5, 0.6) is 57.5 Å². The van der Waals surface area contributed by atoms with Crippen LogP contribution in [0.4, 0.5) is 0 Å². The van der Waals surface area contributed by atoms with Gasteiger partial charge in [-0.15, -0.1) is 0 Å². The van der Waals surface area contributed by atoms with E-state index >= 15 is 0 Å². The van der Waals surface area contributed by atoms with Crippen LogP contribution in [0.15, 0.2) is 78.6 Å². The fraction of sp³-hybridized carbons (Fsp3) is 0.396. The van der Waals surface area contributed by atoms with Crippen molar-refractivity contribution in [3.05, 3.63) is 101 Å². The average molecular weight is 1140 g/mol. The van der Waals surface area contributed by atoms with Crippen LogP contribution < -0.4 is 18.9 Å². The molecule has 81 heavy (non-hydrogen) atoms. The van der Waals surface area contributed by atoms with Gasteiger partial charge in [0.1, 0.15) is 103 Å². The number of carbonyl (C=O) groups excluding carboxylic acids is 2. The van der Waals surface area contributed by atoms with Gasteiger partial charge in [0.25, 0.3) is 0 Å². The van der Waals surface area contributed by atoms with E-state index in [0.717, 1.165) is 42.5 Å². The van der Waals surface area contributed by atoms with Crippen LogP contribution in [0.25, 0.3) is 18.2 Å². The molecule has 3 fully saturated rings. The number of hydrogen-bond donors (Lipinski definition) is 15. The van der Waals surface area contributed by atoms with E-state index in [1.54, 1.807) is 0 Å². The first-order valence-electron chi connectivity index (χ1n) is 24.5. The summed E-state index contributed by atoms with van der Waals surface area (Å²) in [6.07, 6.45) is -25.2. The Kier molecular flexibility index (Phi) is 18.6. The molecule has 0 aromatic heterocycles. The predicted molar refractivity (Wildman–Crippen MR) is 268 cm³/mol. The summed E-state index contributed by atoms with van der Waals surface area (Å²) >= 11 is 0. The first-order chi connectivity index (χ1) is 38.6. The second kappa shape index (κ2) is 25.4. The highest BCUT2D eigenvalue weighted by Gasteiger charge is 2.53. The Morgan fingerprint density at radius 2 is 1.05 bits per heavy atom. The third-order valence-electron chi connectivity index (χ3n) is 13.2.